The van der Waals surface area contributed by atoms with Crippen LogP contribution in [0.5, 0.6) is 5.75 Å². The van der Waals surface area contributed by atoms with Crippen molar-refractivity contribution in [1.29, 1.82) is 0 Å². The molecule has 1 atom stereocenters. The lowest BCUT2D eigenvalue weighted by Gasteiger charge is -2.29. The number of ether oxygens (including phenoxy) is 1. The predicted molar refractivity (Wildman–Crippen MR) is 132 cm³/mol. The fourth-order valence-electron chi connectivity index (χ4n) is 4.21. The average Bonchev–Trinajstić information content (AvgIpc) is 2.82. The second-order valence-corrected chi connectivity index (χ2v) is 8.23. The Morgan fingerprint density at radius 1 is 0.939 bits per heavy atom. The molecule has 3 rings (SSSR count). The highest BCUT2D eigenvalue weighted by molar-refractivity contribution is 5.60. The van der Waals surface area contributed by atoms with E-state index in [1.165, 1.54) is 18.2 Å². The van der Waals surface area contributed by atoms with Crippen LogP contribution in [0.3, 0.4) is 0 Å². The summed E-state index contributed by atoms with van der Waals surface area (Å²) in [5.74, 6) is 3.25. The molecule has 0 saturated heterocycles. The van der Waals surface area contributed by atoms with Crippen molar-refractivity contribution in [2.75, 3.05) is 11.9 Å². The van der Waals surface area contributed by atoms with Gasteiger partial charge in [0, 0.05) is 5.69 Å². The Labute approximate surface area is 196 Å². The molecule has 4 heteroatoms. The molecule has 2 nitrogen and oxygen atoms in total. The summed E-state index contributed by atoms with van der Waals surface area (Å²) < 4.78 is 33.0. The zero-order chi connectivity index (χ0) is 23.7. The normalized spacial score (nSPS) is 12.6. The van der Waals surface area contributed by atoms with Crippen molar-refractivity contribution in [3.05, 3.63) is 89.5 Å². The minimum Gasteiger partial charge on any atom is -0.494 e. The van der Waals surface area contributed by atoms with Gasteiger partial charge >= 0.3 is 0 Å². The first-order chi connectivity index (χ1) is 16.0. The lowest BCUT2D eigenvalue weighted by Crippen LogP contribution is -2.24. The van der Waals surface area contributed by atoms with E-state index in [9.17, 15) is 8.78 Å². The molecule has 0 aliphatic carbocycles. The maximum Gasteiger partial charge on any atom is 0.146 e. The first-order valence-electron chi connectivity index (χ1n) is 11.5. The van der Waals surface area contributed by atoms with Crippen LogP contribution in [-0.4, -0.2) is 6.61 Å². The summed E-state index contributed by atoms with van der Waals surface area (Å²) in [6.07, 6.45) is 10.5. The number of aryl methyl sites for hydroxylation is 1. The van der Waals surface area contributed by atoms with Crippen molar-refractivity contribution in [3.8, 4) is 18.1 Å². The molecule has 0 fully saturated rings. The zero-order valence-electron chi connectivity index (χ0n) is 19.3. The fraction of sp³-hybridized carbons (Fsp3) is 0.310. The Morgan fingerprint density at radius 2 is 1.67 bits per heavy atom. The maximum absolute atomic E-state index is 14.3. The standard InChI is InChI=1S/C29H31F2NO/c1-4-19-29(5-2,23-10-16-26(17-11-23)33-6-3)20-7-8-22-9-18-27(31)28(21-22)32-25-14-12-24(30)13-15-25/h2,9-18,21,32H,4,6-8,19-20H2,1,3H3. The second-order valence-electron chi connectivity index (χ2n) is 8.23. The molecule has 0 amide bonds. The van der Waals surface area contributed by atoms with Gasteiger partial charge in [0.1, 0.15) is 17.4 Å². The van der Waals surface area contributed by atoms with E-state index in [-0.39, 0.29) is 17.0 Å². The van der Waals surface area contributed by atoms with E-state index in [0.29, 0.717) is 18.0 Å². The molecule has 0 aliphatic rings. The number of halogens is 2. The molecule has 0 aromatic heterocycles. The Bertz CT molecular complexity index is 1070. The molecular weight excluding hydrogens is 416 g/mol. The van der Waals surface area contributed by atoms with Crippen molar-refractivity contribution in [3.63, 3.8) is 0 Å². The summed E-state index contributed by atoms with van der Waals surface area (Å²) in [7, 11) is 0. The van der Waals surface area contributed by atoms with Crippen molar-refractivity contribution in [2.24, 2.45) is 0 Å². The van der Waals surface area contributed by atoms with Gasteiger partial charge in [0.05, 0.1) is 17.7 Å². The Kier molecular flexibility index (Phi) is 8.49. The summed E-state index contributed by atoms with van der Waals surface area (Å²) in [5, 5.41) is 3.03. The van der Waals surface area contributed by atoms with Gasteiger partial charge in [-0.3, -0.25) is 0 Å². The van der Waals surface area contributed by atoms with Crippen LogP contribution >= 0.6 is 0 Å². The molecular formula is C29H31F2NO. The Morgan fingerprint density at radius 3 is 2.30 bits per heavy atom. The molecule has 1 N–H and O–H groups in total. The van der Waals surface area contributed by atoms with Crippen molar-refractivity contribution >= 4 is 11.4 Å². The second kappa shape index (κ2) is 11.5. The number of terminal acetylenes is 1. The predicted octanol–water partition coefficient (Wildman–Crippen LogP) is 7.80. The molecule has 1 unspecified atom stereocenters. The van der Waals surface area contributed by atoms with E-state index < -0.39 is 0 Å². The lowest BCUT2D eigenvalue weighted by atomic mass is 9.73. The van der Waals surface area contributed by atoms with Crippen LogP contribution < -0.4 is 10.1 Å². The molecule has 0 aliphatic heterocycles. The quantitative estimate of drug-likeness (QED) is 0.303. The third kappa shape index (κ3) is 6.35. The van der Waals surface area contributed by atoms with Gasteiger partial charge in [-0.05, 0) is 92.3 Å². The van der Waals surface area contributed by atoms with Crippen molar-refractivity contribution in [1.82, 2.24) is 0 Å². The first-order valence-corrected chi connectivity index (χ1v) is 11.5. The topological polar surface area (TPSA) is 21.3 Å². The molecule has 3 aromatic rings. The van der Waals surface area contributed by atoms with Gasteiger partial charge in [0.2, 0.25) is 0 Å². The van der Waals surface area contributed by atoms with Gasteiger partial charge in [-0.1, -0.05) is 37.5 Å². The van der Waals surface area contributed by atoms with Crippen LogP contribution in [0.4, 0.5) is 20.2 Å². The molecule has 172 valence electrons. The van der Waals surface area contributed by atoms with E-state index in [0.717, 1.165) is 49.0 Å². The van der Waals surface area contributed by atoms with Gasteiger partial charge in [0.25, 0.3) is 0 Å². The summed E-state index contributed by atoms with van der Waals surface area (Å²) in [6, 6.07) is 19.1. The summed E-state index contributed by atoms with van der Waals surface area (Å²) in [6.45, 7) is 4.74. The zero-order valence-corrected chi connectivity index (χ0v) is 19.3. The maximum atomic E-state index is 14.3. The summed E-state index contributed by atoms with van der Waals surface area (Å²) in [4.78, 5) is 0. The Balaban J connectivity index is 1.70. The van der Waals surface area contributed by atoms with Gasteiger partial charge in [0.15, 0.2) is 0 Å². The molecule has 0 radical (unpaired) electrons. The number of anilines is 2. The Hall–Kier alpha value is -3.32. The first kappa shape index (κ1) is 24.3. The van der Waals surface area contributed by atoms with Crippen LogP contribution in [0.2, 0.25) is 0 Å². The summed E-state index contributed by atoms with van der Waals surface area (Å²) >= 11 is 0. The minimum absolute atomic E-state index is 0.327. The number of benzene rings is 3. The van der Waals surface area contributed by atoms with E-state index in [1.54, 1.807) is 18.2 Å². The number of hydrogen-bond acceptors (Lipinski definition) is 2. The minimum atomic E-state index is -0.346. The molecule has 3 aromatic carbocycles. The molecule has 0 spiro atoms. The van der Waals surface area contributed by atoms with Crippen LogP contribution in [0.1, 0.15) is 50.7 Å². The third-order valence-corrected chi connectivity index (χ3v) is 5.89. The smallest absolute Gasteiger partial charge is 0.146 e. The molecule has 33 heavy (non-hydrogen) atoms. The van der Waals surface area contributed by atoms with E-state index >= 15 is 0 Å². The van der Waals surface area contributed by atoms with Crippen LogP contribution in [0.25, 0.3) is 0 Å². The van der Waals surface area contributed by atoms with Gasteiger partial charge in [-0.15, -0.1) is 6.42 Å². The lowest BCUT2D eigenvalue weighted by molar-refractivity contribution is 0.339. The van der Waals surface area contributed by atoms with Crippen LogP contribution in [0.15, 0.2) is 66.7 Å². The molecule has 0 heterocycles. The van der Waals surface area contributed by atoms with Gasteiger partial charge < -0.3 is 10.1 Å². The number of hydrogen-bond donors (Lipinski definition) is 1. The largest absolute Gasteiger partial charge is 0.494 e. The van der Waals surface area contributed by atoms with E-state index in [1.807, 2.05) is 25.1 Å². The summed E-state index contributed by atoms with van der Waals surface area (Å²) in [5.41, 5.74) is 2.83. The van der Waals surface area contributed by atoms with E-state index in [4.69, 9.17) is 11.2 Å². The highest BCUT2D eigenvalue weighted by Crippen LogP contribution is 2.35. The highest BCUT2D eigenvalue weighted by Gasteiger charge is 2.28. The molecule has 0 saturated carbocycles. The SMILES string of the molecule is C#CC(CCC)(CCCc1ccc(F)c(Nc2ccc(F)cc2)c1)c1ccc(OCC)cc1. The third-order valence-electron chi connectivity index (χ3n) is 5.89. The highest BCUT2D eigenvalue weighted by atomic mass is 19.1. The van der Waals surface area contributed by atoms with E-state index in [2.05, 4.69) is 30.3 Å². The van der Waals surface area contributed by atoms with Crippen LogP contribution in [-0.2, 0) is 11.8 Å². The van der Waals surface area contributed by atoms with Crippen LogP contribution in [0, 0.1) is 24.0 Å². The average molecular weight is 448 g/mol. The van der Waals surface area contributed by atoms with Gasteiger partial charge in [-0.2, -0.15) is 0 Å². The molecule has 0 bridgehead atoms. The number of rotatable bonds is 11. The van der Waals surface area contributed by atoms with Gasteiger partial charge in [-0.25, -0.2) is 8.78 Å². The number of nitrogens with one attached hydrogen (secondary N) is 1. The van der Waals surface area contributed by atoms with Crippen molar-refractivity contribution in [2.45, 2.75) is 51.4 Å². The monoisotopic (exact) mass is 447 g/mol. The van der Waals surface area contributed by atoms with Crippen molar-refractivity contribution < 1.29 is 13.5 Å². The fourth-order valence-corrected chi connectivity index (χ4v) is 4.21.